The van der Waals surface area contributed by atoms with E-state index in [1.54, 1.807) is 0 Å². The fourth-order valence-electron chi connectivity index (χ4n) is 2.16. The number of benzene rings is 1. The Hall–Kier alpha value is -1.43. The van der Waals surface area contributed by atoms with Crippen LogP contribution in [0.2, 0.25) is 0 Å². The maximum Gasteiger partial charge on any atom is 0.420 e. The molecule has 0 aromatic heterocycles. The van der Waals surface area contributed by atoms with Gasteiger partial charge in [0.25, 0.3) is 0 Å². The van der Waals surface area contributed by atoms with Crippen LogP contribution in [-0.2, 0) is 11.7 Å². The Morgan fingerprint density at radius 2 is 1.67 bits per heavy atom. The van der Waals surface area contributed by atoms with Crippen LogP contribution < -0.4 is 15.2 Å². The molecule has 1 aromatic rings. The number of alkyl halides is 3. The van der Waals surface area contributed by atoms with E-state index in [0.29, 0.717) is 5.56 Å². The highest BCUT2D eigenvalue weighted by Crippen LogP contribution is 2.52. The molecule has 18 heavy (non-hydrogen) atoms. The van der Waals surface area contributed by atoms with Gasteiger partial charge in [0.1, 0.15) is 18.8 Å². The van der Waals surface area contributed by atoms with E-state index in [4.69, 9.17) is 15.2 Å². The SMILES string of the molecule is NC1(c2ccc(C(F)(F)F)c3c2OCCO3)CC1. The highest BCUT2D eigenvalue weighted by molar-refractivity contribution is 5.57. The highest BCUT2D eigenvalue weighted by Gasteiger charge is 2.46. The first kappa shape index (κ1) is 11.6. The molecule has 0 saturated heterocycles. The Morgan fingerprint density at radius 3 is 2.22 bits per heavy atom. The van der Waals surface area contributed by atoms with Gasteiger partial charge in [-0.25, -0.2) is 0 Å². The van der Waals surface area contributed by atoms with Crippen molar-refractivity contribution in [2.45, 2.75) is 24.6 Å². The molecule has 0 unspecified atom stereocenters. The van der Waals surface area contributed by atoms with Crippen LogP contribution in [-0.4, -0.2) is 13.2 Å². The summed E-state index contributed by atoms with van der Waals surface area (Å²) in [5.74, 6) is -0.0564. The lowest BCUT2D eigenvalue weighted by Gasteiger charge is -2.26. The summed E-state index contributed by atoms with van der Waals surface area (Å²) in [6.45, 7) is 0.370. The lowest BCUT2D eigenvalue weighted by atomic mass is 10.0. The molecule has 2 N–H and O–H groups in total. The first-order chi connectivity index (χ1) is 8.42. The minimum atomic E-state index is -4.45. The largest absolute Gasteiger partial charge is 0.486 e. The van der Waals surface area contributed by atoms with Crippen molar-refractivity contribution >= 4 is 0 Å². The van der Waals surface area contributed by atoms with Gasteiger partial charge in [-0.05, 0) is 18.9 Å². The van der Waals surface area contributed by atoms with Gasteiger partial charge in [-0.15, -0.1) is 0 Å². The second-order valence-corrected chi connectivity index (χ2v) is 4.67. The van der Waals surface area contributed by atoms with Crippen LogP contribution in [0.4, 0.5) is 13.2 Å². The van der Waals surface area contributed by atoms with E-state index in [9.17, 15) is 13.2 Å². The fourth-order valence-corrected chi connectivity index (χ4v) is 2.16. The number of nitrogens with two attached hydrogens (primary N) is 1. The summed E-state index contributed by atoms with van der Waals surface area (Å²) in [6.07, 6.45) is -2.93. The van der Waals surface area contributed by atoms with Gasteiger partial charge >= 0.3 is 6.18 Å². The smallest absolute Gasteiger partial charge is 0.420 e. The minimum absolute atomic E-state index is 0.122. The molecular formula is C12H12F3NO2. The molecular weight excluding hydrogens is 247 g/mol. The van der Waals surface area contributed by atoms with Crippen LogP contribution in [0.15, 0.2) is 12.1 Å². The van der Waals surface area contributed by atoms with Crippen molar-refractivity contribution in [2.75, 3.05) is 13.2 Å². The monoisotopic (exact) mass is 259 g/mol. The average Bonchev–Trinajstić information content (AvgIpc) is 3.05. The van der Waals surface area contributed by atoms with Gasteiger partial charge in [-0.3, -0.25) is 0 Å². The highest BCUT2D eigenvalue weighted by atomic mass is 19.4. The van der Waals surface area contributed by atoms with Crippen molar-refractivity contribution in [3.05, 3.63) is 23.3 Å². The molecule has 0 spiro atoms. The van der Waals surface area contributed by atoms with E-state index in [1.807, 2.05) is 0 Å². The normalized spacial score (nSPS) is 20.7. The Balaban J connectivity index is 2.16. The third kappa shape index (κ3) is 1.71. The second-order valence-electron chi connectivity index (χ2n) is 4.67. The molecule has 3 nitrogen and oxygen atoms in total. The van der Waals surface area contributed by atoms with Crippen molar-refractivity contribution in [3.63, 3.8) is 0 Å². The van der Waals surface area contributed by atoms with E-state index < -0.39 is 17.3 Å². The fraction of sp³-hybridized carbons (Fsp3) is 0.500. The quantitative estimate of drug-likeness (QED) is 0.842. The Labute approximate surface area is 102 Å². The van der Waals surface area contributed by atoms with Crippen LogP contribution in [0, 0.1) is 0 Å². The topological polar surface area (TPSA) is 44.5 Å². The van der Waals surface area contributed by atoms with Crippen molar-refractivity contribution in [1.29, 1.82) is 0 Å². The van der Waals surface area contributed by atoms with Crippen LogP contribution in [0.5, 0.6) is 11.5 Å². The van der Waals surface area contributed by atoms with Crippen LogP contribution in [0.3, 0.4) is 0 Å². The van der Waals surface area contributed by atoms with Crippen molar-refractivity contribution in [1.82, 2.24) is 0 Å². The molecule has 0 atom stereocenters. The number of ether oxygens (including phenoxy) is 2. The average molecular weight is 259 g/mol. The van der Waals surface area contributed by atoms with Gasteiger partial charge in [0.15, 0.2) is 11.5 Å². The van der Waals surface area contributed by atoms with Crippen molar-refractivity contribution < 1.29 is 22.6 Å². The number of hydrogen-bond donors (Lipinski definition) is 1. The second kappa shape index (κ2) is 3.54. The van der Waals surface area contributed by atoms with Crippen molar-refractivity contribution in [3.8, 4) is 11.5 Å². The maximum atomic E-state index is 12.9. The van der Waals surface area contributed by atoms with Gasteiger partial charge in [0.2, 0.25) is 0 Å². The van der Waals surface area contributed by atoms with Gasteiger partial charge in [0, 0.05) is 11.1 Å². The molecule has 3 rings (SSSR count). The molecule has 1 fully saturated rings. The molecule has 0 radical (unpaired) electrons. The van der Waals surface area contributed by atoms with Crippen LogP contribution in [0.25, 0.3) is 0 Å². The zero-order valence-corrected chi connectivity index (χ0v) is 9.51. The lowest BCUT2D eigenvalue weighted by Crippen LogP contribution is -2.25. The summed E-state index contributed by atoms with van der Waals surface area (Å²) in [7, 11) is 0. The molecule has 1 aromatic carbocycles. The molecule has 1 heterocycles. The van der Waals surface area contributed by atoms with Crippen molar-refractivity contribution in [2.24, 2.45) is 5.73 Å². The predicted octanol–water partition coefficient (Wildman–Crippen LogP) is 2.42. The molecule has 2 aliphatic rings. The third-order valence-corrected chi connectivity index (χ3v) is 3.32. The number of hydrogen-bond acceptors (Lipinski definition) is 3. The molecule has 1 saturated carbocycles. The zero-order chi connectivity index (χ0) is 13.0. The molecule has 0 amide bonds. The minimum Gasteiger partial charge on any atom is -0.486 e. The summed E-state index contributed by atoms with van der Waals surface area (Å²) in [6, 6.07) is 2.43. The van der Waals surface area contributed by atoms with E-state index >= 15 is 0 Å². The van der Waals surface area contributed by atoms with E-state index in [-0.39, 0.29) is 24.7 Å². The van der Waals surface area contributed by atoms with Crippen LogP contribution in [0.1, 0.15) is 24.0 Å². The number of rotatable bonds is 1. The van der Waals surface area contributed by atoms with Crippen LogP contribution >= 0.6 is 0 Å². The Bertz CT molecular complexity index is 461. The number of fused-ring (bicyclic) bond motifs is 1. The Kier molecular flexibility index (Phi) is 2.29. The number of halogens is 3. The van der Waals surface area contributed by atoms with Gasteiger partial charge in [-0.2, -0.15) is 13.2 Å². The molecule has 0 bridgehead atoms. The Morgan fingerprint density at radius 1 is 1.06 bits per heavy atom. The first-order valence-electron chi connectivity index (χ1n) is 5.71. The summed E-state index contributed by atoms with van der Waals surface area (Å²) in [4.78, 5) is 0. The van der Waals surface area contributed by atoms with E-state index in [2.05, 4.69) is 0 Å². The molecule has 1 aliphatic carbocycles. The van der Waals surface area contributed by atoms with Gasteiger partial charge in [0.05, 0.1) is 0 Å². The molecule has 6 heteroatoms. The summed E-state index contributed by atoms with van der Waals surface area (Å²) < 4.78 is 49.1. The van der Waals surface area contributed by atoms with Gasteiger partial charge < -0.3 is 15.2 Å². The third-order valence-electron chi connectivity index (χ3n) is 3.32. The summed E-state index contributed by atoms with van der Waals surface area (Å²) in [5.41, 5.74) is 5.30. The molecule has 1 aliphatic heterocycles. The summed E-state index contributed by atoms with van der Waals surface area (Å²) in [5, 5.41) is 0. The first-order valence-corrected chi connectivity index (χ1v) is 5.71. The van der Waals surface area contributed by atoms with Gasteiger partial charge in [-0.1, -0.05) is 6.07 Å². The zero-order valence-electron chi connectivity index (χ0n) is 9.51. The predicted molar refractivity (Wildman–Crippen MR) is 57.5 cm³/mol. The van der Waals surface area contributed by atoms with E-state index in [1.165, 1.54) is 6.07 Å². The summed E-state index contributed by atoms with van der Waals surface area (Å²) >= 11 is 0. The lowest BCUT2D eigenvalue weighted by molar-refractivity contribution is -0.139. The maximum absolute atomic E-state index is 12.9. The van der Waals surface area contributed by atoms with E-state index in [0.717, 1.165) is 18.9 Å². The standard InChI is InChI=1S/C12H12F3NO2/c13-12(14,15)8-2-1-7(11(16)3-4-11)9-10(8)18-6-5-17-9/h1-2H,3-6,16H2. The molecule has 98 valence electrons.